The number of amides is 1. The second kappa shape index (κ2) is 5.57. The summed E-state index contributed by atoms with van der Waals surface area (Å²) in [7, 11) is 0. The number of pyridine rings is 1. The Morgan fingerprint density at radius 1 is 1.44 bits per heavy atom. The molecule has 1 aliphatic rings. The van der Waals surface area contributed by atoms with Crippen LogP contribution in [-0.2, 0) is 0 Å². The number of aromatic nitrogens is 1. The molecule has 0 atom stereocenters. The van der Waals surface area contributed by atoms with Gasteiger partial charge >= 0.3 is 0 Å². The molecule has 1 aliphatic carbocycles. The van der Waals surface area contributed by atoms with Gasteiger partial charge in [0.1, 0.15) is 5.82 Å². The normalized spacial score (nSPS) is 23.7. The highest BCUT2D eigenvalue weighted by Crippen LogP contribution is 2.24. The maximum atomic E-state index is 12.0. The van der Waals surface area contributed by atoms with Crippen molar-refractivity contribution in [3.8, 4) is 0 Å². The number of carbonyl (C=O) groups excluding carboxylic acids is 1. The lowest BCUT2D eigenvalue weighted by molar-refractivity contribution is 0.0922. The highest BCUT2D eigenvalue weighted by Gasteiger charge is 2.20. The minimum Gasteiger partial charge on any atom is -0.382 e. The van der Waals surface area contributed by atoms with Crippen LogP contribution in [0.3, 0.4) is 0 Å². The van der Waals surface area contributed by atoms with Gasteiger partial charge in [0.15, 0.2) is 0 Å². The molecule has 0 spiro atoms. The molecule has 98 valence electrons. The van der Waals surface area contributed by atoms with Crippen LogP contribution < -0.4 is 11.1 Å². The van der Waals surface area contributed by atoms with Crippen molar-refractivity contribution in [2.24, 2.45) is 5.92 Å². The summed E-state index contributed by atoms with van der Waals surface area (Å²) < 4.78 is 0. The number of hydrogen-bond acceptors (Lipinski definition) is 3. The second-order valence-electron chi connectivity index (χ2n) is 5.02. The third-order valence-corrected chi connectivity index (χ3v) is 3.79. The molecule has 1 amide bonds. The number of nitrogen functional groups attached to an aromatic ring is 1. The van der Waals surface area contributed by atoms with Crippen molar-refractivity contribution < 1.29 is 4.79 Å². The fourth-order valence-corrected chi connectivity index (χ4v) is 2.41. The Kier molecular flexibility index (Phi) is 4.07. The quantitative estimate of drug-likeness (QED) is 0.866. The Hall–Kier alpha value is -1.29. The standard InChI is InChI=1S/C13H18ClN3O/c1-8-2-4-10(5-3-8)17-13(18)9-6-11(14)12(15)16-7-9/h6-8,10H,2-5H2,1H3,(H2,15,16)(H,17,18). The van der Waals surface area contributed by atoms with E-state index in [2.05, 4.69) is 17.2 Å². The zero-order chi connectivity index (χ0) is 13.1. The van der Waals surface area contributed by atoms with Gasteiger partial charge in [-0.05, 0) is 37.7 Å². The van der Waals surface area contributed by atoms with Crippen LogP contribution in [-0.4, -0.2) is 16.9 Å². The molecule has 1 fully saturated rings. The van der Waals surface area contributed by atoms with E-state index in [-0.39, 0.29) is 17.8 Å². The average molecular weight is 268 g/mol. The van der Waals surface area contributed by atoms with Gasteiger partial charge in [-0.2, -0.15) is 0 Å². The number of hydrogen-bond donors (Lipinski definition) is 2. The van der Waals surface area contributed by atoms with Crippen molar-refractivity contribution in [2.45, 2.75) is 38.6 Å². The van der Waals surface area contributed by atoms with E-state index in [9.17, 15) is 4.79 Å². The summed E-state index contributed by atoms with van der Waals surface area (Å²) in [6.07, 6.45) is 5.89. The molecule has 3 N–H and O–H groups in total. The van der Waals surface area contributed by atoms with Gasteiger partial charge in [0.05, 0.1) is 10.6 Å². The molecule has 0 unspecified atom stereocenters. The Bertz CT molecular complexity index is 442. The fraction of sp³-hybridized carbons (Fsp3) is 0.538. The van der Waals surface area contributed by atoms with Crippen molar-refractivity contribution >= 4 is 23.3 Å². The van der Waals surface area contributed by atoms with Gasteiger partial charge in [0.25, 0.3) is 5.91 Å². The van der Waals surface area contributed by atoms with E-state index < -0.39 is 0 Å². The number of nitrogens with one attached hydrogen (secondary N) is 1. The minimum atomic E-state index is -0.121. The lowest BCUT2D eigenvalue weighted by Gasteiger charge is -2.26. The largest absolute Gasteiger partial charge is 0.382 e. The number of nitrogens with zero attached hydrogens (tertiary/aromatic N) is 1. The van der Waals surface area contributed by atoms with Crippen molar-refractivity contribution in [3.05, 3.63) is 22.8 Å². The van der Waals surface area contributed by atoms with E-state index in [0.717, 1.165) is 18.8 Å². The minimum absolute atomic E-state index is 0.121. The summed E-state index contributed by atoms with van der Waals surface area (Å²) in [4.78, 5) is 15.9. The van der Waals surface area contributed by atoms with Gasteiger partial charge in [0.2, 0.25) is 0 Å². The molecule has 0 aromatic carbocycles. The summed E-state index contributed by atoms with van der Waals surface area (Å²) in [5, 5.41) is 3.34. The summed E-state index contributed by atoms with van der Waals surface area (Å²) in [6.45, 7) is 2.25. The van der Waals surface area contributed by atoms with Gasteiger partial charge in [-0.15, -0.1) is 0 Å². The van der Waals surface area contributed by atoms with E-state index in [0.29, 0.717) is 10.6 Å². The van der Waals surface area contributed by atoms with E-state index in [1.54, 1.807) is 6.07 Å². The highest BCUT2D eigenvalue weighted by molar-refractivity contribution is 6.33. The Morgan fingerprint density at radius 3 is 2.72 bits per heavy atom. The monoisotopic (exact) mass is 267 g/mol. The Morgan fingerprint density at radius 2 is 2.11 bits per heavy atom. The van der Waals surface area contributed by atoms with Crippen molar-refractivity contribution in [1.29, 1.82) is 0 Å². The molecular weight excluding hydrogens is 250 g/mol. The van der Waals surface area contributed by atoms with Gasteiger partial charge in [-0.25, -0.2) is 4.98 Å². The molecule has 1 aromatic rings. The predicted molar refractivity (Wildman–Crippen MR) is 72.5 cm³/mol. The average Bonchev–Trinajstić information content (AvgIpc) is 2.35. The van der Waals surface area contributed by atoms with Gasteiger partial charge in [-0.1, -0.05) is 18.5 Å². The first-order valence-electron chi connectivity index (χ1n) is 6.28. The topological polar surface area (TPSA) is 68.0 Å². The number of rotatable bonds is 2. The van der Waals surface area contributed by atoms with Gasteiger partial charge < -0.3 is 11.1 Å². The molecule has 4 nitrogen and oxygen atoms in total. The third-order valence-electron chi connectivity index (χ3n) is 3.48. The zero-order valence-corrected chi connectivity index (χ0v) is 11.2. The molecule has 0 saturated heterocycles. The van der Waals surface area contributed by atoms with Crippen LogP contribution in [0.4, 0.5) is 5.82 Å². The summed E-state index contributed by atoms with van der Waals surface area (Å²) in [5.74, 6) is 0.898. The van der Waals surface area contributed by atoms with Crippen molar-refractivity contribution in [2.75, 3.05) is 5.73 Å². The molecule has 0 aliphatic heterocycles. The first-order valence-corrected chi connectivity index (χ1v) is 6.66. The van der Waals surface area contributed by atoms with Crippen LogP contribution >= 0.6 is 11.6 Å². The van der Waals surface area contributed by atoms with Crippen LogP contribution in [0.15, 0.2) is 12.3 Å². The first-order chi connectivity index (χ1) is 8.56. The van der Waals surface area contributed by atoms with E-state index in [1.165, 1.54) is 19.0 Å². The second-order valence-corrected chi connectivity index (χ2v) is 5.43. The molecule has 2 rings (SSSR count). The maximum Gasteiger partial charge on any atom is 0.253 e. The fourth-order valence-electron chi connectivity index (χ4n) is 2.25. The zero-order valence-electron chi connectivity index (χ0n) is 10.4. The number of anilines is 1. The van der Waals surface area contributed by atoms with Gasteiger partial charge in [-0.3, -0.25) is 4.79 Å². The van der Waals surface area contributed by atoms with Crippen molar-refractivity contribution in [1.82, 2.24) is 10.3 Å². The van der Waals surface area contributed by atoms with E-state index >= 15 is 0 Å². The molecule has 0 radical (unpaired) electrons. The summed E-state index contributed by atoms with van der Waals surface area (Å²) >= 11 is 5.85. The molecular formula is C13H18ClN3O. The lowest BCUT2D eigenvalue weighted by atomic mass is 9.87. The molecule has 1 aromatic heterocycles. The predicted octanol–water partition coefficient (Wildman–Crippen LogP) is 2.63. The highest BCUT2D eigenvalue weighted by atomic mass is 35.5. The summed E-state index contributed by atoms with van der Waals surface area (Å²) in [5.41, 5.74) is 5.98. The van der Waals surface area contributed by atoms with Crippen LogP contribution in [0.1, 0.15) is 43.0 Å². The molecule has 1 saturated carbocycles. The first kappa shape index (κ1) is 13.1. The van der Waals surface area contributed by atoms with Crippen LogP contribution in [0.25, 0.3) is 0 Å². The molecule has 18 heavy (non-hydrogen) atoms. The lowest BCUT2D eigenvalue weighted by Crippen LogP contribution is -2.37. The smallest absolute Gasteiger partial charge is 0.253 e. The molecule has 1 heterocycles. The van der Waals surface area contributed by atoms with Gasteiger partial charge in [0, 0.05) is 12.2 Å². The van der Waals surface area contributed by atoms with E-state index in [4.69, 9.17) is 17.3 Å². The third kappa shape index (κ3) is 3.13. The molecule has 0 bridgehead atoms. The Balaban J connectivity index is 1.97. The molecule has 5 heteroatoms. The summed E-state index contributed by atoms with van der Waals surface area (Å²) in [6, 6.07) is 1.83. The number of halogens is 1. The maximum absolute atomic E-state index is 12.0. The van der Waals surface area contributed by atoms with Crippen LogP contribution in [0, 0.1) is 5.92 Å². The van der Waals surface area contributed by atoms with E-state index in [1.807, 2.05) is 0 Å². The van der Waals surface area contributed by atoms with Crippen molar-refractivity contribution in [3.63, 3.8) is 0 Å². The SMILES string of the molecule is CC1CCC(NC(=O)c2cnc(N)c(Cl)c2)CC1. The van der Waals surface area contributed by atoms with Crippen LogP contribution in [0.5, 0.6) is 0 Å². The van der Waals surface area contributed by atoms with Crippen LogP contribution in [0.2, 0.25) is 5.02 Å². The number of nitrogens with two attached hydrogens (primary N) is 1. The number of carbonyl (C=O) groups is 1. The Labute approximate surface area is 112 Å².